The molecule has 6 nitrogen and oxygen atoms in total. The molecule has 0 aliphatic rings. The number of nitrogens with zero attached hydrogens (tertiary/aromatic N) is 3. The topological polar surface area (TPSA) is 61.2 Å². The Morgan fingerprint density at radius 1 is 0.903 bits per heavy atom. The number of thiazole rings is 1. The van der Waals surface area contributed by atoms with Gasteiger partial charge in [0.25, 0.3) is 0 Å². The second-order valence-corrected chi connectivity index (χ2v) is 8.26. The summed E-state index contributed by atoms with van der Waals surface area (Å²) in [5.74, 6) is 1.38. The lowest BCUT2D eigenvalue weighted by atomic mass is 10.2. The number of fused-ring (bicyclic) bond motifs is 2. The molecule has 1 N–H and O–H groups in total. The van der Waals surface area contributed by atoms with Crippen molar-refractivity contribution in [3.05, 3.63) is 78.1 Å². The van der Waals surface area contributed by atoms with Gasteiger partial charge in [-0.2, -0.15) is 0 Å². The van der Waals surface area contributed by atoms with Crippen LogP contribution in [0.5, 0.6) is 11.5 Å². The molecular weight excluding hydrogens is 408 g/mol. The number of rotatable bonds is 7. The minimum atomic E-state index is 0.682. The molecule has 0 amide bonds. The third-order valence-corrected chi connectivity index (χ3v) is 6.19. The second-order valence-electron chi connectivity index (χ2n) is 7.23. The van der Waals surface area contributed by atoms with Gasteiger partial charge >= 0.3 is 0 Å². The van der Waals surface area contributed by atoms with E-state index in [2.05, 4.69) is 45.2 Å². The summed E-state index contributed by atoms with van der Waals surface area (Å²) in [6.07, 6.45) is 1.85. The summed E-state index contributed by atoms with van der Waals surface area (Å²) in [6.45, 7) is 1.48. The van der Waals surface area contributed by atoms with Crippen molar-refractivity contribution in [3.63, 3.8) is 0 Å². The van der Waals surface area contributed by atoms with E-state index in [-0.39, 0.29) is 0 Å². The molecule has 7 heteroatoms. The van der Waals surface area contributed by atoms with E-state index in [4.69, 9.17) is 14.5 Å². The monoisotopic (exact) mass is 430 g/mol. The van der Waals surface area contributed by atoms with Gasteiger partial charge in [0.1, 0.15) is 0 Å². The molecular formula is C24H22N4O2S. The van der Waals surface area contributed by atoms with Crippen molar-refractivity contribution in [2.45, 2.75) is 13.1 Å². The van der Waals surface area contributed by atoms with E-state index in [0.29, 0.717) is 18.0 Å². The first-order valence-corrected chi connectivity index (χ1v) is 10.8. The minimum absolute atomic E-state index is 0.682. The lowest BCUT2D eigenvalue weighted by Gasteiger charge is -2.09. The molecule has 0 fully saturated rings. The number of methoxy groups -OCH3 is 2. The van der Waals surface area contributed by atoms with E-state index >= 15 is 0 Å². The Kier molecular flexibility index (Phi) is 5.18. The van der Waals surface area contributed by atoms with Crippen molar-refractivity contribution < 1.29 is 9.47 Å². The van der Waals surface area contributed by atoms with Gasteiger partial charge in [-0.25, -0.2) is 9.97 Å². The quantitative estimate of drug-likeness (QED) is 0.378. The SMILES string of the molecule is COc1cc2ncn(Cc3ccc4nc(NCc5ccccc5)sc4c3)c2cc1OC. The Balaban J connectivity index is 1.38. The minimum Gasteiger partial charge on any atom is -0.493 e. The highest BCUT2D eigenvalue weighted by Crippen LogP contribution is 2.32. The van der Waals surface area contributed by atoms with Crippen LogP contribution < -0.4 is 14.8 Å². The Morgan fingerprint density at radius 2 is 1.71 bits per heavy atom. The molecule has 0 bridgehead atoms. The van der Waals surface area contributed by atoms with Gasteiger partial charge in [-0.15, -0.1) is 0 Å². The zero-order valence-corrected chi connectivity index (χ0v) is 18.1. The summed E-state index contributed by atoms with van der Waals surface area (Å²) >= 11 is 1.67. The number of hydrogen-bond donors (Lipinski definition) is 1. The third-order valence-electron chi connectivity index (χ3n) is 5.22. The maximum absolute atomic E-state index is 5.45. The predicted molar refractivity (Wildman–Crippen MR) is 125 cm³/mol. The van der Waals surface area contributed by atoms with E-state index in [1.165, 1.54) is 11.1 Å². The molecule has 0 aliphatic carbocycles. The van der Waals surface area contributed by atoms with E-state index < -0.39 is 0 Å². The first-order chi connectivity index (χ1) is 15.2. The summed E-state index contributed by atoms with van der Waals surface area (Å²) in [7, 11) is 3.28. The van der Waals surface area contributed by atoms with E-state index in [1.54, 1.807) is 25.6 Å². The standard InChI is InChI=1S/C24H22N4O2S/c1-29-21-11-19-20(12-22(21)30-2)28(15-26-19)14-17-8-9-18-23(10-17)31-24(27-18)25-13-16-6-4-3-5-7-16/h3-12,15H,13-14H2,1-2H3,(H,25,27). The molecule has 31 heavy (non-hydrogen) atoms. The zero-order valence-electron chi connectivity index (χ0n) is 17.3. The van der Waals surface area contributed by atoms with Crippen LogP contribution in [0.25, 0.3) is 21.3 Å². The van der Waals surface area contributed by atoms with E-state index in [1.807, 2.05) is 36.7 Å². The normalized spacial score (nSPS) is 11.2. The maximum Gasteiger partial charge on any atom is 0.184 e. The highest BCUT2D eigenvalue weighted by atomic mass is 32.1. The third kappa shape index (κ3) is 3.92. The zero-order chi connectivity index (χ0) is 21.2. The van der Waals surface area contributed by atoms with Crippen LogP contribution in [-0.2, 0) is 13.1 Å². The first kappa shape index (κ1) is 19.4. The smallest absolute Gasteiger partial charge is 0.184 e. The fourth-order valence-electron chi connectivity index (χ4n) is 3.62. The van der Waals surface area contributed by atoms with Crippen molar-refractivity contribution >= 4 is 37.7 Å². The van der Waals surface area contributed by atoms with Crippen molar-refractivity contribution in [1.29, 1.82) is 0 Å². The van der Waals surface area contributed by atoms with Crippen LogP contribution in [-0.4, -0.2) is 28.8 Å². The number of anilines is 1. The molecule has 0 radical (unpaired) electrons. The molecule has 2 aromatic heterocycles. The lowest BCUT2D eigenvalue weighted by molar-refractivity contribution is 0.355. The summed E-state index contributed by atoms with van der Waals surface area (Å²) < 4.78 is 14.1. The summed E-state index contributed by atoms with van der Waals surface area (Å²) in [5.41, 5.74) is 5.32. The van der Waals surface area contributed by atoms with Gasteiger partial charge in [0.05, 0.1) is 41.8 Å². The van der Waals surface area contributed by atoms with Crippen LogP contribution >= 0.6 is 11.3 Å². The fourth-order valence-corrected chi connectivity index (χ4v) is 4.55. The predicted octanol–water partition coefficient (Wildman–Crippen LogP) is 5.32. The van der Waals surface area contributed by atoms with Crippen molar-refractivity contribution in [3.8, 4) is 11.5 Å². The average Bonchev–Trinajstić information content (AvgIpc) is 3.40. The Labute approximate surface area is 184 Å². The largest absolute Gasteiger partial charge is 0.493 e. The van der Waals surface area contributed by atoms with Gasteiger partial charge in [-0.05, 0) is 23.3 Å². The van der Waals surface area contributed by atoms with Crippen molar-refractivity contribution in [2.24, 2.45) is 0 Å². The Bertz CT molecular complexity index is 1340. The van der Waals surface area contributed by atoms with Gasteiger partial charge in [0, 0.05) is 25.2 Å². The highest BCUT2D eigenvalue weighted by molar-refractivity contribution is 7.22. The molecule has 0 saturated carbocycles. The van der Waals surface area contributed by atoms with Crippen LogP contribution in [0, 0.1) is 0 Å². The molecule has 5 aromatic rings. The highest BCUT2D eigenvalue weighted by Gasteiger charge is 2.11. The number of imidazole rings is 1. The van der Waals surface area contributed by atoms with Gasteiger partial charge in [-0.1, -0.05) is 47.7 Å². The van der Waals surface area contributed by atoms with Crippen LogP contribution in [0.4, 0.5) is 5.13 Å². The average molecular weight is 431 g/mol. The molecule has 0 atom stereocenters. The number of aromatic nitrogens is 3. The number of nitrogens with one attached hydrogen (secondary N) is 1. The van der Waals surface area contributed by atoms with E-state index in [9.17, 15) is 0 Å². The molecule has 0 saturated heterocycles. The van der Waals surface area contributed by atoms with Gasteiger partial charge in [0.15, 0.2) is 16.6 Å². The summed E-state index contributed by atoms with van der Waals surface area (Å²) in [5, 5.41) is 4.36. The molecule has 0 aliphatic heterocycles. The second kappa shape index (κ2) is 8.28. The van der Waals surface area contributed by atoms with Gasteiger partial charge in [-0.3, -0.25) is 0 Å². The van der Waals surface area contributed by atoms with Crippen LogP contribution in [0.2, 0.25) is 0 Å². The van der Waals surface area contributed by atoms with Crippen molar-refractivity contribution in [2.75, 3.05) is 19.5 Å². The number of hydrogen-bond acceptors (Lipinski definition) is 6. The van der Waals surface area contributed by atoms with E-state index in [0.717, 1.165) is 32.9 Å². The lowest BCUT2D eigenvalue weighted by Crippen LogP contribution is -1.98. The maximum atomic E-state index is 5.45. The fraction of sp³-hybridized carbons (Fsp3) is 0.167. The summed E-state index contributed by atoms with van der Waals surface area (Å²) in [6, 6.07) is 20.6. The molecule has 5 rings (SSSR count). The molecule has 3 aromatic carbocycles. The summed E-state index contributed by atoms with van der Waals surface area (Å²) in [4.78, 5) is 9.24. The first-order valence-electron chi connectivity index (χ1n) is 9.97. The van der Waals surface area contributed by atoms with Gasteiger partial charge < -0.3 is 19.4 Å². The number of ether oxygens (including phenoxy) is 2. The van der Waals surface area contributed by atoms with Gasteiger partial charge in [0.2, 0.25) is 0 Å². The van der Waals surface area contributed by atoms with Crippen LogP contribution in [0.15, 0.2) is 67.0 Å². The Morgan fingerprint density at radius 3 is 2.52 bits per heavy atom. The molecule has 156 valence electrons. The van der Waals surface area contributed by atoms with Crippen molar-refractivity contribution in [1.82, 2.24) is 14.5 Å². The molecule has 0 unspecified atom stereocenters. The van der Waals surface area contributed by atoms with Crippen LogP contribution in [0.3, 0.4) is 0 Å². The van der Waals surface area contributed by atoms with Crippen LogP contribution in [0.1, 0.15) is 11.1 Å². The number of benzene rings is 3. The Hall–Kier alpha value is -3.58. The molecule has 2 heterocycles. The molecule has 0 spiro atoms.